The Labute approximate surface area is 177 Å². The number of imidazole rings is 1. The molecule has 1 aliphatic rings. The van der Waals surface area contributed by atoms with E-state index in [0.29, 0.717) is 0 Å². The van der Waals surface area contributed by atoms with Crippen molar-refractivity contribution >= 4 is 43.6 Å². The highest BCUT2D eigenvalue weighted by Gasteiger charge is 2.18. The predicted octanol–water partition coefficient (Wildman–Crippen LogP) is 5.16. The maximum atomic E-state index is 5.51. The summed E-state index contributed by atoms with van der Waals surface area (Å²) in [5.74, 6) is 0.976. The number of morpholine rings is 1. The molecule has 0 aliphatic carbocycles. The summed E-state index contributed by atoms with van der Waals surface area (Å²) >= 11 is 3.64. The van der Waals surface area contributed by atoms with Crippen LogP contribution in [0.1, 0.15) is 19.0 Å². The zero-order chi connectivity index (χ0) is 20.0. The van der Waals surface area contributed by atoms with Crippen LogP contribution in [-0.4, -0.2) is 41.0 Å². The average molecular weight is 455 g/mol. The number of ether oxygens (including phenoxy) is 1. The molecule has 3 heterocycles. The number of benzene rings is 2. The third-order valence-electron chi connectivity index (χ3n) is 5.52. The van der Waals surface area contributed by atoms with Gasteiger partial charge in [-0.05, 0) is 59.6 Å². The van der Waals surface area contributed by atoms with Gasteiger partial charge in [0.15, 0.2) is 5.58 Å². The first-order valence-corrected chi connectivity index (χ1v) is 10.8. The van der Waals surface area contributed by atoms with Gasteiger partial charge >= 0.3 is 0 Å². The van der Waals surface area contributed by atoms with Crippen molar-refractivity contribution in [2.75, 3.05) is 31.2 Å². The Hall–Kier alpha value is -2.38. The molecule has 29 heavy (non-hydrogen) atoms. The molecule has 1 saturated heterocycles. The van der Waals surface area contributed by atoms with Gasteiger partial charge in [0.2, 0.25) is 0 Å². The molecule has 6 nitrogen and oxygen atoms in total. The second-order valence-corrected chi connectivity index (χ2v) is 8.32. The number of aryl methyl sites for hydroxylation is 2. The van der Waals surface area contributed by atoms with E-state index >= 15 is 0 Å². The maximum Gasteiger partial charge on any atom is 0.181 e. The smallest absolute Gasteiger partial charge is 0.181 e. The molecule has 0 saturated carbocycles. The van der Waals surface area contributed by atoms with Crippen LogP contribution in [-0.2, 0) is 11.3 Å². The highest BCUT2D eigenvalue weighted by Crippen LogP contribution is 2.34. The number of nitrogens with zero attached hydrogens (tertiary/aromatic N) is 4. The number of hydrogen-bond donors (Lipinski definition) is 0. The minimum absolute atomic E-state index is 0.777. The van der Waals surface area contributed by atoms with E-state index in [9.17, 15) is 0 Å². The lowest BCUT2D eigenvalue weighted by atomic mass is 10.1. The Bertz CT molecular complexity index is 1190. The first kappa shape index (κ1) is 18.6. The fourth-order valence-corrected chi connectivity index (χ4v) is 4.58. The third-order valence-corrected chi connectivity index (χ3v) is 6.11. The lowest BCUT2D eigenvalue weighted by molar-refractivity contribution is 0.122. The van der Waals surface area contributed by atoms with Crippen molar-refractivity contribution in [3.05, 3.63) is 40.5 Å². The third kappa shape index (κ3) is 3.22. The number of anilines is 1. The Morgan fingerprint density at radius 1 is 1.14 bits per heavy atom. The van der Waals surface area contributed by atoms with Crippen molar-refractivity contribution in [2.45, 2.75) is 26.8 Å². The van der Waals surface area contributed by atoms with Crippen LogP contribution in [0, 0.1) is 6.92 Å². The van der Waals surface area contributed by atoms with E-state index < -0.39 is 0 Å². The maximum absolute atomic E-state index is 5.51. The monoisotopic (exact) mass is 454 g/mol. The van der Waals surface area contributed by atoms with Gasteiger partial charge in [0.05, 0.1) is 34.4 Å². The molecule has 0 bridgehead atoms. The number of halogens is 1. The lowest BCUT2D eigenvalue weighted by Crippen LogP contribution is -2.36. The largest absolute Gasteiger partial charge is 0.378 e. The molecule has 4 aromatic rings. The normalized spacial score (nSPS) is 14.9. The molecule has 7 heteroatoms. The molecule has 1 fully saturated rings. The van der Waals surface area contributed by atoms with Crippen LogP contribution in [0.15, 0.2) is 39.3 Å². The van der Waals surface area contributed by atoms with E-state index in [1.54, 1.807) is 0 Å². The first-order valence-electron chi connectivity index (χ1n) is 10.0. The summed E-state index contributed by atoms with van der Waals surface area (Å²) in [7, 11) is 0. The molecule has 0 spiro atoms. The van der Waals surface area contributed by atoms with E-state index in [0.717, 1.165) is 77.3 Å². The molecule has 5 rings (SSSR count). The Balaban J connectivity index is 1.67. The van der Waals surface area contributed by atoms with Crippen molar-refractivity contribution in [2.24, 2.45) is 0 Å². The van der Waals surface area contributed by atoms with Gasteiger partial charge in [-0.25, -0.2) is 4.98 Å². The van der Waals surface area contributed by atoms with Gasteiger partial charge in [0, 0.05) is 36.3 Å². The fourth-order valence-electron chi connectivity index (χ4n) is 4.05. The Morgan fingerprint density at radius 2 is 1.97 bits per heavy atom. The molecule has 0 radical (unpaired) electrons. The number of hydrogen-bond acceptors (Lipinski definition) is 5. The number of rotatable bonds is 4. The van der Waals surface area contributed by atoms with Crippen LogP contribution in [0.4, 0.5) is 5.69 Å². The molecule has 2 aromatic heterocycles. The van der Waals surface area contributed by atoms with Crippen molar-refractivity contribution in [1.29, 1.82) is 0 Å². The van der Waals surface area contributed by atoms with Gasteiger partial charge in [0.1, 0.15) is 5.82 Å². The molecule has 0 amide bonds. The van der Waals surface area contributed by atoms with E-state index in [-0.39, 0.29) is 0 Å². The van der Waals surface area contributed by atoms with Gasteiger partial charge in [0.25, 0.3) is 0 Å². The molecular formula is C22H23BrN4O2. The first-order chi connectivity index (χ1) is 14.2. The highest BCUT2D eigenvalue weighted by molar-refractivity contribution is 9.10. The van der Waals surface area contributed by atoms with E-state index in [1.807, 2.05) is 6.92 Å². The second kappa shape index (κ2) is 7.46. The van der Waals surface area contributed by atoms with Crippen LogP contribution in [0.2, 0.25) is 0 Å². The molecule has 150 valence electrons. The molecule has 0 N–H and O–H groups in total. The standard InChI is InChI=1S/C22H23BrN4O2/c1-3-6-27-20-13-16(26-7-9-28-10-8-26)4-5-19(20)24-22(27)15-11-17-14(2)25-29-21(17)18(23)12-15/h4-5,11-13H,3,6-10H2,1-2H3. The minimum atomic E-state index is 0.777. The SMILES string of the molecule is CCCn1c(-c2cc(Br)c3onc(C)c3c2)nc2ccc(N3CCOCC3)cc21. The van der Waals surface area contributed by atoms with Crippen LogP contribution in [0.25, 0.3) is 33.4 Å². The quantitative estimate of drug-likeness (QED) is 0.426. The molecule has 0 unspecified atom stereocenters. The van der Waals surface area contributed by atoms with Gasteiger partial charge in [-0.2, -0.15) is 0 Å². The number of aromatic nitrogens is 3. The van der Waals surface area contributed by atoms with Gasteiger partial charge in [-0.1, -0.05) is 12.1 Å². The topological polar surface area (TPSA) is 56.3 Å². The van der Waals surface area contributed by atoms with Crippen LogP contribution in [0.3, 0.4) is 0 Å². The average Bonchev–Trinajstić information content (AvgIpc) is 3.30. The van der Waals surface area contributed by atoms with Gasteiger partial charge in [-0.15, -0.1) is 0 Å². The molecule has 2 aromatic carbocycles. The second-order valence-electron chi connectivity index (χ2n) is 7.46. The van der Waals surface area contributed by atoms with E-state index in [2.05, 4.69) is 67.8 Å². The minimum Gasteiger partial charge on any atom is -0.378 e. The summed E-state index contributed by atoms with van der Waals surface area (Å²) in [4.78, 5) is 7.38. The Morgan fingerprint density at radius 3 is 2.76 bits per heavy atom. The summed E-state index contributed by atoms with van der Waals surface area (Å²) in [6.45, 7) is 8.49. The predicted molar refractivity (Wildman–Crippen MR) is 118 cm³/mol. The van der Waals surface area contributed by atoms with E-state index in [1.165, 1.54) is 11.2 Å². The Kier molecular flexibility index (Phi) is 4.80. The summed E-state index contributed by atoms with van der Waals surface area (Å²) in [6, 6.07) is 10.8. The van der Waals surface area contributed by atoms with Crippen LogP contribution >= 0.6 is 15.9 Å². The lowest BCUT2D eigenvalue weighted by Gasteiger charge is -2.28. The van der Waals surface area contributed by atoms with Crippen LogP contribution < -0.4 is 4.90 Å². The van der Waals surface area contributed by atoms with Crippen molar-refractivity contribution in [3.63, 3.8) is 0 Å². The van der Waals surface area contributed by atoms with E-state index in [4.69, 9.17) is 14.2 Å². The molecule has 0 atom stereocenters. The number of fused-ring (bicyclic) bond motifs is 2. The van der Waals surface area contributed by atoms with Crippen molar-refractivity contribution < 1.29 is 9.26 Å². The summed E-state index contributed by atoms with van der Waals surface area (Å²) in [6.07, 6.45) is 1.04. The zero-order valence-corrected chi connectivity index (χ0v) is 18.2. The zero-order valence-electron chi connectivity index (χ0n) is 16.6. The van der Waals surface area contributed by atoms with Crippen molar-refractivity contribution in [1.82, 2.24) is 14.7 Å². The van der Waals surface area contributed by atoms with Crippen molar-refractivity contribution in [3.8, 4) is 11.4 Å². The molecular weight excluding hydrogens is 432 g/mol. The van der Waals surface area contributed by atoms with Gasteiger partial charge in [-0.3, -0.25) is 0 Å². The summed E-state index contributed by atoms with van der Waals surface area (Å²) in [5.41, 5.74) is 6.14. The fraction of sp³-hybridized carbons (Fsp3) is 0.364. The summed E-state index contributed by atoms with van der Waals surface area (Å²) in [5, 5.41) is 5.12. The summed E-state index contributed by atoms with van der Waals surface area (Å²) < 4.78 is 14.2. The highest BCUT2D eigenvalue weighted by atomic mass is 79.9. The molecule has 1 aliphatic heterocycles. The van der Waals surface area contributed by atoms with Gasteiger partial charge < -0.3 is 18.7 Å². The van der Waals surface area contributed by atoms with Crippen LogP contribution in [0.5, 0.6) is 0 Å².